The molecular weight excluding hydrogens is 265 g/mol. The summed E-state index contributed by atoms with van der Waals surface area (Å²) in [5.74, 6) is 0. The Bertz CT molecular complexity index is 566. The van der Waals surface area contributed by atoms with Gasteiger partial charge >= 0.3 is 6.18 Å². The van der Waals surface area contributed by atoms with Gasteiger partial charge in [0.15, 0.2) is 0 Å². The fraction of sp³-hybridized carbons (Fsp3) is 0.182. The predicted molar refractivity (Wildman–Crippen MR) is 61.2 cm³/mol. The van der Waals surface area contributed by atoms with E-state index in [9.17, 15) is 13.2 Å². The monoisotopic (exact) mass is 274 g/mol. The zero-order chi connectivity index (χ0) is 13.3. The number of rotatable bonds is 2. The van der Waals surface area contributed by atoms with Crippen LogP contribution in [0.1, 0.15) is 11.3 Å². The number of alkyl halides is 3. The number of nitrogen functional groups attached to an aromatic ring is 1. The fourth-order valence-electron chi connectivity index (χ4n) is 1.32. The first-order chi connectivity index (χ1) is 8.36. The quantitative estimate of drug-likeness (QED) is 0.848. The number of aromatic nitrogens is 1. The van der Waals surface area contributed by atoms with Crippen LogP contribution in [0.2, 0.25) is 0 Å². The molecule has 0 radical (unpaired) electrons. The Morgan fingerprint density at radius 3 is 2.61 bits per heavy atom. The lowest BCUT2D eigenvalue weighted by atomic mass is 10.2. The lowest BCUT2D eigenvalue weighted by Gasteiger charge is -2.10. The number of anilines is 1. The highest BCUT2D eigenvalue weighted by Gasteiger charge is 2.33. The smallest absolute Gasteiger partial charge is 0.418 e. The van der Waals surface area contributed by atoms with Crippen molar-refractivity contribution in [3.8, 4) is 0 Å². The molecule has 0 aliphatic rings. The first-order valence-electron chi connectivity index (χ1n) is 4.93. The number of benzene rings is 1. The standard InChI is InChI=1S/C11H9F3N2OS/c1-6-5-17-10(16-6)18-7-2-3-9(15)8(4-7)11(12,13)14/h2-5H,15H2,1H3. The first kappa shape index (κ1) is 12.8. The molecule has 0 bridgehead atoms. The molecule has 0 aliphatic heterocycles. The van der Waals surface area contributed by atoms with E-state index in [0.29, 0.717) is 15.8 Å². The average Bonchev–Trinajstić information content (AvgIpc) is 2.65. The van der Waals surface area contributed by atoms with Crippen LogP contribution >= 0.6 is 11.8 Å². The molecule has 2 rings (SSSR count). The minimum absolute atomic E-state index is 0.296. The van der Waals surface area contributed by atoms with Gasteiger partial charge in [0.2, 0.25) is 0 Å². The van der Waals surface area contributed by atoms with Gasteiger partial charge in [-0.15, -0.1) is 0 Å². The maximum absolute atomic E-state index is 12.6. The molecule has 1 heterocycles. The minimum Gasteiger partial charge on any atom is -0.439 e. The summed E-state index contributed by atoms with van der Waals surface area (Å²) in [5.41, 5.74) is 4.83. The normalized spacial score (nSPS) is 11.8. The lowest BCUT2D eigenvalue weighted by Crippen LogP contribution is -2.08. The van der Waals surface area contributed by atoms with Crippen LogP contribution in [-0.2, 0) is 6.18 Å². The summed E-state index contributed by atoms with van der Waals surface area (Å²) in [6.45, 7) is 1.73. The highest BCUT2D eigenvalue weighted by atomic mass is 32.2. The molecule has 1 aromatic carbocycles. The van der Waals surface area contributed by atoms with Crippen molar-refractivity contribution >= 4 is 17.4 Å². The largest absolute Gasteiger partial charge is 0.439 e. The van der Waals surface area contributed by atoms with Gasteiger partial charge in [-0.1, -0.05) is 0 Å². The van der Waals surface area contributed by atoms with Crippen LogP contribution < -0.4 is 5.73 Å². The second-order valence-electron chi connectivity index (χ2n) is 3.60. The Kier molecular flexibility index (Phi) is 3.25. The number of oxazole rings is 1. The molecule has 0 saturated heterocycles. The summed E-state index contributed by atoms with van der Waals surface area (Å²) in [4.78, 5) is 4.38. The third kappa shape index (κ3) is 2.79. The van der Waals surface area contributed by atoms with E-state index in [1.165, 1.54) is 18.4 Å². The Labute approximate surface area is 105 Å². The number of halogens is 3. The van der Waals surface area contributed by atoms with E-state index in [4.69, 9.17) is 10.2 Å². The third-order valence-corrected chi connectivity index (χ3v) is 2.99. The second-order valence-corrected chi connectivity index (χ2v) is 4.63. The molecule has 0 unspecified atom stereocenters. The Morgan fingerprint density at radius 2 is 2.06 bits per heavy atom. The third-order valence-electron chi connectivity index (χ3n) is 2.13. The summed E-state index contributed by atoms with van der Waals surface area (Å²) >= 11 is 1.01. The van der Waals surface area contributed by atoms with Crippen molar-refractivity contribution in [3.05, 3.63) is 35.7 Å². The minimum atomic E-state index is -4.47. The van der Waals surface area contributed by atoms with Crippen LogP contribution in [0.4, 0.5) is 18.9 Å². The van der Waals surface area contributed by atoms with E-state index in [1.54, 1.807) is 6.92 Å². The highest BCUT2D eigenvalue weighted by Crippen LogP contribution is 2.37. The molecule has 0 amide bonds. The van der Waals surface area contributed by atoms with Crippen molar-refractivity contribution in [2.75, 3.05) is 5.73 Å². The number of aryl methyl sites for hydroxylation is 1. The molecule has 0 saturated carbocycles. The van der Waals surface area contributed by atoms with Crippen molar-refractivity contribution in [1.82, 2.24) is 4.98 Å². The molecule has 3 nitrogen and oxygen atoms in total. The lowest BCUT2D eigenvalue weighted by molar-refractivity contribution is -0.137. The fourth-order valence-corrected chi connectivity index (χ4v) is 2.12. The summed E-state index contributed by atoms with van der Waals surface area (Å²) in [7, 11) is 0. The molecule has 0 aliphatic carbocycles. The Hall–Kier alpha value is -1.63. The number of nitrogens with zero attached hydrogens (tertiary/aromatic N) is 1. The van der Waals surface area contributed by atoms with Crippen LogP contribution in [0.15, 0.2) is 39.0 Å². The van der Waals surface area contributed by atoms with E-state index in [-0.39, 0.29) is 5.69 Å². The molecule has 2 aromatic rings. The Balaban J connectivity index is 2.30. The van der Waals surface area contributed by atoms with Crippen molar-refractivity contribution in [2.45, 2.75) is 23.2 Å². The van der Waals surface area contributed by atoms with E-state index >= 15 is 0 Å². The van der Waals surface area contributed by atoms with Gasteiger partial charge in [0.1, 0.15) is 6.26 Å². The van der Waals surface area contributed by atoms with Gasteiger partial charge in [0.05, 0.1) is 11.3 Å². The van der Waals surface area contributed by atoms with Gasteiger partial charge in [-0.25, -0.2) is 4.98 Å². The number of nitrogens with two attached hydrogens (primary N) is 1. The summed E-state index contributed by atoms with van der Waals surface area (Å²) in [5, 5.41) is 0.297. The van der Waals surface area contributed by atoms with Gasteiger partial charge in [0.25, 0.3) is 5.22 Å². The van der Waals surface area contributed by atoms with Crippen molar-refractivity contribution in [3.63, 3.8) is 0 Å². The molecule has 2 N–H and O–H groups in total. The first-order valence-corrected chi connectivity index (χ1v) is 5.74. The van der Waals surface area contributed by atoms with Gasteiger partial charge in [-0.3, -0.25) is 0 Å². The molecule has 0 fully saturated rings. The van der Waals surface area contributed by atoms with E-state index in [1.807, 2.05) is 0 Å². The summed E-state index contributed by atoms with van der Waals surface area (Å²) in [6.07, 6.45) is -3.03. The van der Waals surface area contributed by atoms with Crippen molar-refractivity contribution < 1.29 is 17.6 Å². The average molecular weight is 274 g/mol. The molecule has 18 heavy (non-hydrogen) atoms. The van der Waals surface area contributed by atoms with E-state index in [0.717, 1.165) is 17.8 Å². The zero-order valence-electron chi connectivity index (χ0n) is 9.28. The number of hydrogen-bond donors (Lipinski definition) is 1. The van der Waals surface area contributed by atoms with E-state index < -0.39 is 11.7 Å². The highest BCUT2D eigenvalue weighted by molar-refractivity contribution is 7.99. The summed E-state index contributed by atoms with van der Waals surface area (Å²) < 4.78 is 43.0. The van der Waals surface area contributed by atoms with Crippen LogP contribution in [0.3, 0.4) is 0 Å². The van der Waals surface area contributed by atoms with Gasteiger partial charge in [-0.05, 0) is 36.9 Å². The van der Waals surface area contributed by atoms with Crippen LogP contribution in [0, 0.1) is 6.92 Å². The van der Waals surface area contributed by atoms with Crippen molar-refractivity contribution in [2.24, 2.45) is 0 Å². The molecule has 1 aromatic heterocycles. The zero-order valence-corrected chi connectivity index (χ0v) is 10.1. The topological polar surface area (TPSA) is 52.0 Å². The van der Waals surface area contributed by atoms with Crippen LogP contribution in [-0.4, -0.2) is 4.98 Å². The summed E-state index contributed by atoms with van der Waals surface area (Å²) in [6, 6.07) is 3.70. The van der Waals surface area contributed by atoms with E-state index in [2.05, 4.69) is 4.98 Å². The molecule has 0 atom stereocenters. The molecule has 96 valence electrons. The molecule has 7 heteroatoms. The maximum atomic E-state index is 12.6. The van der Waals surface area contributed by atoms with Gasteiger partial charge in [0, 0.05) is 10.6 Å². The van der Waals surface area contributed by atoms with Crippen LogP contribution in [0.5, 0.6) is 0 Å². The predicted octanol–water partition coefficient (Wildman–Crippen LogP) is 3.74. The molecule has 0 spiro atoms. The molecular formula is C11H9F3N2OS. The van der Waals surface area contributed by atoms with Crippen molar-refractivity contribution in [1.29, 1.82) is 0 Å². The Morgan fingerprint density at radius 1 is 1.33 bits per heavy atom. The van der Waals surface area contributed by atoms with Gasteiger partial charge < -0.3 is 10.2 Å². The van der Waals surface area contributed by atoms with Crippen LogP contribution in [0.25, 0.3) is 0 Å². The SMILES string of the molecule is Cc1coc(Sc2ccc(N)c(C(F)(F)F)c2)n1. The van der Waals surface area contributed by atoms with Gasteiger partial charge in [-0.2, -0.15) is 13.2 Å². The number of hydrogen-bond acceptors (Lipinski definition) is 4. The maximum Gasteiger partial charge on any atom is 0.418 e. The second kappa shape index (κ2) is 4.56.